The van der Waals surface area contributed by atoms with Gasteiger partial charge in [-0.25, -0.2) is 9.59 Å². The summed E-state index contributed by atoms with van der Waals surface area (Å²) in [5.41, 5.74) is 1.20. The van der Waals surface area contributed by atoms with Gasteiger partial charge < -0.3 is 15.1 Å². The van der Waals surface area contributed by atoms with Crippen LogP contribution in [-0.2, 0) is 0 Å². The lowest BCUT2D eigenvalue weighted by Crippen LogP contribution is -2.37. The first-order valence-electron chi connectivity index (χ1n) is 9.09. The highest BCUT2D eigenvalue weighted by Crippen LogP contribution is 2.39. The smallest absolute Gasteiger partial charge is 0.348 e. The molecule has 0 aliphatic rings. The number of carbonyl (C=O) groups excluding carboxylic acids is 1. The quantitative estimate of drug-likeness (QED) is 0.442. The molecular formula is C22H17Cl2NO5S. The number of aromatic carboxylic acids is 2. The number of nitrogens with zero attached hydrogens (tertiary/aromatic N) is 1. The predicted octanol–water partition coefficient (Wildman–Crippen LogP) is 6.17. The Kier molecular flexibility index (Phi) is 6.69. The summed E-state index contributed by atoms with van der Waals surface area (Å²) in [6, 6.07) is 11.8. The van der Waals surface area contributed by atoms with E-state index < -0.39 is 17.8 Å². The Balaban J connectivity index is 2.10. The summed E-state index contributed by atoms with van der Waals surface area (Å²) in [6.07, 6.45) is 0. The lowest BCUT2D eigenvalue weighted by molar-refractivity contribution is 0.0688. The average molecular weight is 478 g/mol. The largest absolute Gasteiger partial charge is 0.478 e. The topological polar surface area (TPSA) is 94.9 Å². The molecule has 0 aliphatic carbocycles. The molecule has 0 atom stereocenters. The molecule has 0 bridgehead atoms. The Bertz CT molecular complexity index is 1170. The molecule has 31 heavy (non-hydrogen) atoms. The van der Waals surface area contributed by atoms with E-state index in [2.05, 4.69) is 0 Å². The van der Waals surface area contributed by atoms with Crippen LogP contribution in [0, 0.1) is 0 Å². The Morgan fingerprint density at radius 1 is 0.935 bits per heavy atom. The van der Waals surface area contributed by atoms with Crippen molar-refractivity contribution >= 4 is 58.1 Å². The third-order valence-corrected chi connectivity index (χ3v) is 6.19. The molecule has 0 fully saturated rings. The maximum Gasteiger partial charge on any atom is 0.348 e. The molecule has 3 rings (SSSR count). The van der Waals surface area contributed by atoms with E-state index in [1.54, 1.807) is 38.1 Å². The first-order chi connectivity index (χ1) is 14.6. The third kappa shape index (κ3) is 4.74. The number of anilines is 1. The zero-order valence-electron chi connectivity index (χ0n) is 16.4. The molecule has 0 spiro atoms. The molecule has 2 N–H and O–H groups in total. The minimum Gasteiger partial charge on any atom is -0.478 e. The highest BCUT2D eigenvalue weighted by Gasteiger charge is 2.29. The summed E-state index contributed by atoms with van der Waals surface area (Å²) in [5, 5.41) is 19.4. The van der Waals surface area contributed by atoms with Gasteiger partial charge in [-0.05, 0) is 55.8 Å². The Hall–Kier alpha value is -2.87. The minimum absolute atomic E-state index is 0.00977. The summed E-state index contributed by atoms with van der Waals surface area (Å²) in [5.74, 6) is -2.68. The fourth-order valence-electron chi connectivity index (χ4n) is 3.05. The van der Waals surface area contributed by atoms with Crippen molar-refractivity contribution in [2.24, 2.45) is 0 Å². The number of carboxylic acid groups (broad SMARTS) is 2. The van der Waals surface area contributed by atoms with E-state index in [4.69, 9.17) is 28.3 Å². The van der Waals surface area contributed by atoms with E-state index in [1.165, 1.54) is 29.2 Å². The van der Waals surface area contributed by atoms with Gasteiger partial charge in [-0.1, -0.05) is 35.3 Å². The van der Waals surface area contributed by atoms with Crippen LogP contribution in [0.2, 0.25) is 10.0 Å². The molecule has 9 heteroatoms. The van der Waals surface area contributed by atoms with Crippen molar-refractivity contribution in [3.63, 3.8) is 0 Å². The standard InChI is InChI=1S/C22H17Cl2NO5S/c1-11(2)25(20(26)15-8-7-14(23)9-16(15)24)17-10-18(31-19(17)22(29)30)12-3-5-13(6-4-12)21(27)28/h3-11H,1-2H3,(H,27,28)(H,29,30). The summed E-state index contributed by atoms with van der Waals surface area (Å²) in [7, 11) is 0. The first-order valence-corrected chi connectivity index (χ1v) is 10.7. The molecule has 1 aromatic heterocycles. The lowest BCUT2D eigenvalue weighted by Gasteiger charge is -2.27. The van der Waals surface area contributed by atoms with Gasteiger partial charge in [0.2, 0.25) is 0 Å². The molecule has 6 nitrogen and oxygen atoms in total. The van der Waals surface area contributed by atoms with Gasteiger partial charge in [-0.15, -0.1) is 11.3 Å². The van der Waals surface area contributed by atoms with Gasteiger partial charge >= 0.3 is 11.9 Å². The second-order valence-electron chi connectivity index (χ2n) is 6.91. The van der Waals surface area contributed by atoms with E-state index >= 15 is 0 Å². The van der Waals surface area contributed by atoms with Crippen LogP contribution in [0.5, 0.6) is 0 Å². The van der Waals surface area contributed by atoms with Crippen LogP contribution in [0.3, 0.4) is 0 Å². The van der Waals surface area contributed by atoms with Gasteiger partial charge in [0.05, 0.1) is 21.8 Å². The third-order valence-electron chi connectivity index (χ3n) is 4.48. The predicted molar refractivity (Wildman–Crippen MR) is 122 cm³/mol. The number of hydrogen-bond donors (Lipinski definition) is 2. The van der Waals surface area contributed by atoms with Crippen molar-refractivity contribution < 1.29 is 24.6 Å². The van der Waals surface area contributed by atoms with Gasteiger partial charge in [0, 0.05) is 15.9 Å². The maximum atomic E-state index is 13.3. The molecule has 160 valence electrons. The van der Waals surface area contributed by atoms with Crippen LogP contribution in [0.4, 0.5) is 5.69 Å². The van der Waals surface area contributed by atoms with Crippen molar-refractivity contribution in [1.29, 1.82) is 0 Å². The normalized spacial score (nSPS) is 10.9. The van der Waals surface area contributed by atoms with Crippen molar-refractivity contribution in [3.8, 4) is 10.4 Å². The van der Waals surface area contributed by atoms with E-state index in [9.17, 15) is 19.5 Å². The second-order valence-corrected chi connectivity index (χ2v) is 8.80. The Morgan fingerprint density at radius 3 is 2.10 bits per heavy atom. The molecule has 0 unspecified atom stereocenters. The summed E-state index contributed by atoms with van der Waals surface area (Å²) < 4.78 is 0. The van der Waals surface area contributed by atoms with Gasteiger partial charge in [0.25, 0.3) is 5.91 Å². The molecule has 1 amide bonds. The lowest BCUT2D eigenvalue weighted by atomic mass is 10.1. The summed E-state index contributed by atoms with van der Waals surface area (Å²) >= 11 is 13.1. The maximum absolute atomic E-state index is 13.3. The van der Waals surface area contributed by atoms with E-state index in [0.29, 0.717) is 15.5 Å². The molecule has 0 aliphatic heterocycles. The highest BCUT2D eigenvalue weighted by atomic mass is 35.5. The van der Waals surface area contributed by atoms with Gasteiger partial charge in [-0.3, -0.25) is 4.79 Å². The highest BCUT2D eigenvalue weighted by molar-refractivity contribution is 7.18. The number of rotatable bonds is 6. The molecule has 3 aromatic rings. The van der Waals surface area contributed by atoms with Crippen LogP contribution >= 0.6 is 34.5 Å². The van der Waals surface area contributed by atoms with Crippen LogP contribution in [0.15, 0.2) is 48.5 Å². The van der Waals surface area contributed by atoms with Crippen molar-refractivity contribution in [1.82, 2.24) is 0 Å². The van der Waals surface area contributed by atoms with Crippen molar-refractivity contribution in [2.75, 3.05) is 4.90 Å². The summed E-state index contributed by atoms with van der Waals surface area (Å²) in [6.45, 7) is 3.54. The van der Waals surface area contributed by atoms with Crippen LogP contribution in [-0.4, -0.2) is 34.1 Å². The molecule has 0 radical (unpaired) electrons. The van der Waals surface area contributed by atoms with Gasteiger partial charge in [0.1, 0.15) is 4.88 Å². The number of carbonyl (C=O) groups is 3. The zero-order chi connectivity index (χ0) is 22.9. The van der Waals surface area contributed by atoms with Crippen molar-refractivity contribution in [3.05, 3.63) is 74.6 Å². The van der Waals surface area contributed by atoms with E-state index in [-0.39, 0.29) is 32.8 Å². The SMILES string of the molecule is CC(C)N(C(=O)c1ccc(Cl)cc1Cl)c1cc(-c2ccc(C(=O)O)cc2)sc1C(=O)O. The zero-order valence-corrected chi connectivity index (χ0v) is 18.8. The molecule has 2 aromatic carbocycles. The molecule has 0 saturated heterocycles. The monoisotopic (exact) mass is 477 g/mol. The number of hydrogen-bond acceptors (Lipinski definition) is 4. The Morgan fingerprint density at radius 2 is 1.58 bits per heavy atom. The van der Waals surface area contributed by atoms with Crippen molar-refractivity contribution in [2.45, 2.75) is 19.9 Å². The number of carboxylic acids is 2. The van der Waals surface area contributed by atoms with E-state index in [0.717, 1.165) is 11.3 Å². The van der Waals surface area contributed by atoms with Crippen LogP contribution in [0.1, 0.15) is 44.2 Å². The van der Waals surface area contributed by atoms with Gasteiger partial charge in [0.15, 0.2) is 0 Å². The summed E-state index contributed by atoms with van der Waals surface area (Å²) in [4.78, 5) is 38.3. The first kappa shape index (κ1) is 22.8. The minimum atomic E-state index is -1.17. The van der Waals surface area contributed by atoms with Crippen LogP contribution < -0.4 is 4.90 Å². The van der Waals surface area contributed by atoms with Crippen LogP contribution in [0.25, 0.3) is 10.4 Å². The van der Waals surface area contributed by atoms with Gasteiger partial charge in [-0.2, -0.15) is 0 Å². The molecular weight excluding hydrogens is 461 g/mol. The molecule has 1 heterocycles. The fraction of sp³-hybridized carbons (Fsp3) is 0.136. The number of benzene rings is 2. The second kappa shape index (κ2) is 9.09. The molecule has 0 saturated carbocycles. The fourth-order valence-corrected chi connectivity index (χ4v) is 4.53. The number of halogens is 2. The number of amides is 1. The number of thiophene rings is 1. The van der Waals surface area contributed by atoms with E-state index in [1.807, 2.05) is 0 Å². The average Bonchev–Trinajstić information content (AvgIpc) is 3.13. The Labute approximate surface area is 192 Å².